The summed E-state index contributed by atoms with van der Waals surface area (Å²) in [5.74, 6) is -0.491. The van der Waals surface area contributed by atoms with Gasteiger partial charge in [0.05, 0.1) is 5.56 Å². The fourth-order valence-electron chi connectivity index (χ4n) is 3.49. The van der Waals surface area contributed by atoms with Crippen LogP contribution < -0.4 is 0 Å². The number of aromatic amines is 1. The first-order valence-corrected chi connectivity index (χ1v) is 10.1. The molecule has 9 heteroatoms. The van der Waals surface area contributed by atoms with E-state index in [2.05, 4.69) is 20.9 Å². The molecule has 2 heterocycles. The molecule has 30 heavy (non-hydrogen) atoms. The van der Waals surface area contributed by atoms with Gasteiger partial charge < -0.3 is 14.8 Å². The minimum absolute atomic E-state index is 0.149. The Morgan fingerprint density at radius 2 is 1.47 bits per heavy atom. The molecule has 0 aliphatic carbocycles. The van der Waals surface area contributed by atoms with Gasteiger partial charge in [-0.15, -0.1) is 0 Å². The van der Waals surface area contributed by atoms with Gasteiger partial charge in [0, 0.05) is 47.1 Å². The summed E-state index contributed by atoms with van der Waals surface area (Å²) in [6.07, 6.45) is -4.44. The molecule has 156 valence electrons. The Morgan fingerprint density at radius 3 is 2.07 bits per heavy atom. The van der Waals surface area contributed by atoms with Gasteiger partial charge in [-0.3, -0.25) is 9.59 Å². The molecule has 0 saturated carbocycles. The number of halogens is 4. The highest BCUT2D eigenvalue weighted by molar-refractivity contribution is 9.10. The maximum Gasteiger partial charge on any atom is 0.416 e. The predicted octanol–water partition coefficient (Wildman–Crippen LogP) is 4.55. The smallest absolute Gasteiger partial charge is 0.351 e. The number of H-pyrrole nitrogens is 1. The van der Waals surface area contributed by atoms with Crippen LogP contribution in [0.2, 0.25) is 0 Å². The molecule has 0 spiro atoms. The van der Waals surface area contributed by atoms with E-state index in [4.69, 9.17) is 0 Å². The van der Waals surface area contributed by atoms with E-state index in [-0.39, 0.29) is 17.4 Å². The van der Waals surface area contributed by atoms with Crippen molar-refractivity contribution in [3.63, 3.8) is 0 Å². The van der Waals surface area contributed by atoms with Crippen LogP contribution in [0.15, 0.2) is 53.0 Å². The molecule has 1 N–H and O–H groups in total. The number of nitrogens with one attached hydrogen (secondary N) is 1. The van der Waals surface area contributed by atoms with Crippen LogP contribution in [0.1, 0.15) is 26.4 Å². The summed E-state index contributed by atoms with van der Waals surface area (Å²) in [6.45, 7) is 1.34. The van der Waals surface area contributed by atoms with Gasteiger partial charge in [-0.1, -0.05) is 15.9 Å². The fourth-order valence-corrected chi connectivity index (χ4v) is 3.86. The minimum atomic E-state index is -4.44. The third kappa shape index (κ3) is 4.07. The van der Waals surface area contributed by atoms with Gasteiger partial charge in [0.25, 0.3) is 11.8 Å². The molecule has 1 fully saturated rings. The number of alkyl halides is 3. The summed E-state index contributed by atoms with van der Waals surface area (Å²) in [5.41, 5.74) is 0.743. The van der Waals surface area contributed by atoms with Crippen LogP contribution in [0.25, 0.3) is 10.9 Å². The number of carbonyl (C=O) groups is 2. The van der Waals surface area contributed by atoms with E-state index < -0.39 is 11.7 Å². The number of hydrogen-bond acceptors (Lipinski definition) is 2. The predicted molar refractivity (Wildman–Crippen MR) is 109 cm³/mol. The first-order valence-electron chi connectivity index (χ1n) is 9.26. The summed E-state index contributed by atoms with van der Waals surface area (Å²) in [6, 6.07) is 11.7. The number of nitrogens with zero attached hydrogens (tertiary/aromatic N) is 2. The van der Waals surface area contributed by atoms with E-state index in [1.165, 1.54) is 12.1 Å². The molecule has 0 radical (unpaired) electrons. The van der Waals surface area contributed by atoms with Crippen LogP contribution in [0.3, 0.4) is 0 Å². The normalized spacial score (nSPS) is 14.9. The third-order valence-electron chi connectivity index (χ3n) is 5.13. The Balaban J connectivity index is 1.40. The summed E-state index contributed by atoms with van der Waals surface area (Å²) in [4.78, 5) is 31.7. The van der Waals surface area contributed by atoms with E-state index in [0.29, 0.717) is 31.9 Å². The average Bonchev–Trinajstić information content (AvgIpc) is 3.15. The van der Waals surface area contributed by atoms with Gasteiger partial charge in [0.1, 0.15) is 5.69 Å². The molecular weight excluding hydrogens is 463 g/mol. The molecule has 4 rings (SSSR count). The Bertz CT molecular complexity index is 1100. The second-order valence-corrected chi connectivity index (χ2v) is 7.99. The minimum Gasteiger partial charge on any atom is -0.351 e. The SMILES string of the molecule is O=C(c1ccc(C(F)(F)F)cc1)N1CCN(C(=O)c2cc3cc(Br)ccc3[nH]2)CC1. The number of piperazine rings is 1. The number of amides is 2. The fraction of sp³-hybridized carbons (Fsp3) is 0.238. The molecule has 1 aliphatic heterocycles. The molecule has 3 aromatic rings. The molecule has 5 nitrogen and oxygen atoms in total. The van der Waals surface area contributed by atoms with Gasteiger partial charge in [-0.25, -0.2) is 0 Å². The van der Waals surface area contributed by atoms with Gasteiger partial charge in [0.15, 0.2) is 0 Å². The molecule has 0 bridgehead atoms. The van der Waals surface area contributed by atoms with Crippen LogP contribution in [-0.4, -0.2) is 52.8 Å². The second kappa shape index (κ2) is 7.79. The van der Waals surface area contributed by atoms with Crippen LogP contribution in [0, 0.1) is 0 Å². The van der Waals surface area contributed by atoms with Gasteiger partial charge >= 0.3 is 6.18 Å². The molecule has 1 aliphatic rings. The van der Waals surface area contributed by atoms with E-state index in [1.54, 1.807) is 15.9 Å². The summed E-state index contributed by atoms with van der Waals surface area (Å²) in [5, 5.41) is 0.920. The largest absolute Gasteiger partial charge is 0.416 e. The lowest BCUT2D eigenvalue weighted by molar-refractivity contribution is -0.137. The van der Waals surface area contributed by atoms with Crippen molar-refractivity contribution in [2.75, 3.05) is 26.2 Å². The highest BCUT2D eigenvalue weighted by Gasteiger charge is 2.31. The van der Waals surface area contributed by atoms with Crippen molar-refractivity contribution >= 4 is 38.6 Å². The molecule has 2 amide bonds. The third-order valence-corrected chi connectivity index (χ3v) is 5.62. The topological polar surface area (TPSA) is 56.4 Å². The zero-order chi connectivity index (χ0) is 21.5. The highest BCUT2D eigenvalue weighted by Crippen LogP contribution is 2.29. The lowest BCUT2D eigenvalue weighted by atomic mass is 10.1. The average molecular weight is 480 g/mol. The molecule has 0 unspecified atom stereocenters. The lowest BCUT2D eigenvalue weighted by Crippen LogP contribution is -2.50. The Morgan fingerprint density at radius 1 is 0.867 bits per heavy atom. The Labute approximate surface area is 178 Å². The van der Waals surface area contributed by atoms with E-state index in [9.17, 15) is 22.8 Å². The van der Waals surface area contributed by atoms with Crippen molar-refractivity contribution in [3.8, 4) is 0 Å². The standard InChI is InChI=1S/C21H17BrF3N3O2/c22-16-5-6-17-14(11-16)12-18(26-17)20(30)28-9-7-27(8-10-28)19(29)13-1-3-15(4-2-13)21(23,24)25/h1-6,11-12,26H,7-10H2. The van der Waals surface area contributed by atoms with E-state index in [1.807, 2.05) is 18.2 Å². The molecule has 1 aromatic heterocycles. The molecule has 2 aromatic carbocycles. The number of benzene rings is 2. The van der Waals surface area contributed by atoms with Crippen molar-refractivity contribution in [2.45, 2.75) is 6.18 Å². The first kappa shape index (κ1) is 20.5. The quantitative estimate of drug-likeness (QED) is 0.586. The van der Waals surface area contributed by atoms with Gasteiger partial charge in [-0.2, -0.15) is 13.2 Å². The van der Waals surface area contributed by atoms with Gasteiger partial charge in [0.2, 0.25) is 0 Å². The van der Waals surface area contributed by atoms with Crippen LogP contribution in [-0.2, 0) is 6.18 Å². The summed E-state index contributed by atoms with van der Waals surface area (Å²) < 4.78 is 39.0. The highest BCUT2D eigenvalue weighted by atomic mass is 79.9. The van der Waals surface area contributed by atoms with Gasteiger partial charge in [-0.05, 0) is 48.5 Å². The Hall–Kier alpha value is -2.81. The summed E-state index contributed by atoms with van der Waals surface area (Å²) >= 11 is 3.41. The zero-order valence-electron chi connectivity index (χ0n) is 15.7. The van der Waals surface area contributed by atoms with Crippen molar-refractivity contribution < 1.29 is 22.8 Å². The number of aromatic nitrogens is 1. The monoisotopic (exact) mass is 479 g/mol. The maximum absolute atomic E-state index is 12.8. The maximum atomic E-state index is 12.8. The molecular formula is C21H17BrF3N3O2. The van der Waals surface area contributed by atoms with Crippen molar-refractivity contribution in [1.29, 1.82) is 0 Å². The molecule has 0 atom stereocenters. The zero-order valence-corrected chi connectivity index (χ0v) is 17.3. The summed E-state index contributed by atoms with van der Waals surface area (Å²) in [7, 11) is 0. The number of rotatable bonds is 2. The van der Waals surface area contributed by atoms with Crippen molar-refractivity contribution in [3.05, 3.63) is 69.8 Å². The number of carbonyl (C=O) groups excluding carboxylic acids is 2. The molecule has 1 saturated heterocycles. The van der Waals surface area contributed by atoms with Crippen LogP contribution >= 0.6 is 15.9 Å². The number of hydrogen-bond donors (Lipinski definition) is 1. The van der Waals surface area contributed by atoms with Crippen molar-refractivity contribution in [1.82, 2.24) is 14.8 Å². The first-order chi connectivity index (χ1) is 14.2. The van der Waals surface area contributed by atoms with E-state index in [0.717, 1.165) is 27.5 Å². The van der Waals surface area contributed by atoms with Crippen LogP contribution in [0.5, 0.6) is 0 Å². The van der Waals surface area contributed by atoms with E-state index >= 15 is 0 Å². The van der Waals surface area contributed by atoms with Crippen LogP contribution in [0.4, 0.5) is 13.2 Å². The van der Waals surface area contributed by atoms with Crippen molar-refractivity contribution in [2.24, 2.45) is 0 Å². The lowest BCUT2D eigenvalue weighted by Gasteiger charge is -2.34. The Kier molecular flexibility index (Phi) is 5.31. The number of fused-ring (bicyclic) bond motifs is 1. The second-order valence-electron chi connectivity index (χ2n) is 7.07.